The van der Waals surface area contributed by atoms with Crippen LogP contribution in [0.2, 0.25) is 5.02 Å². The Balaban J connectivity index is 1.54. The van der Waals surface area contributed by atoms with Gasteiger partial charge in [-0.1, -0.05) is 11.6 Å². The standard InChI is InChI=1S/C17H23ClN6/c1-19-17(21-11-14-5-4-9-23(14)2)22-13-7-10-24(12-13)16-15(18)6-3-8-20-16/h3-6,8-9,13H,7,10-12H2,1-2H3,(H2,19,21,22). The quantitative estimate of drug-likeness (QED) is 0.657. The van der Waals surface area contributed by atoms with E-state index in [0.717, 1.165) is 37.8 Å². The van der Waals surface area contributed by atoms with Crippen molar-refractivity contribution in [1.29, 1.82) is 0 Å². The summed E-state index contributed by atoms with van der Waals surface area (Å²) in [7, 11) is 3.83. The van der Waals surface area contributed by atoms with E-state index in [0.29, 0.717) is 11.1 Å². The maximum atomic E-state index is 6.24. The molecular weight excluding hydrogens is 324 g/mol. The van der Waals surface area contributed by atoms with Crippen LogP contribution in [0.15, 0.2) is 41.7 Å². The molecule has 0 amide bonds. The van der Waals surface area contributed by atoms with Crippen molar-refractivity contribution < 1.29 is 0 Å². The molecule has 0 bridgehead atoms. The number of aryl methyl sites for hydroxylation is 1. The van der Waals surface area contributed by atoms with Crippen molar-refractivity contribution >= 4 is 23.4 Å². The number of aliphatic imine (C=N–C) groups is 1. The molecule has 3 rings (SSSR count). The lowest BCUT2D eigenvalue weighted by Crippen LogP contribution is -2.44. The number of halogens is 1. The van der Waals surface area contributed by atoms with Crippen LogP contribution in [0.5, 0.6) is 0 Å². The number of hydrogen-bond donors (Lipinski definition) is 2. The first-order valence-corrected chi connectivity index (χ1v) is 8.48. The van der Waals surface area contributed by atoms with Crippen molar-refractivity contribution in [2.45, 2.75) is 19.0 Å². The number of hydrogen-bond acceptors (Lipinski definition) is 3. The van der Waals surface area contributed by atoms with E-state index in [-0.39, 0.29) is 0 Å². The molecule has 2 aromatic heterocycles. The van der Waals surface area contributed by atoms with E-state index in [2.05, 4.69) is 36.1 Å². The lowest BCUT2D eigenvalue weighted by molar-refractivity contribution is 0.643. The molecule has 128 valence electrons. The van der Waals surface area contributed by atoms with Gasteiger partial charge in [0.25, 0.3) is 0 Å². The molecule has 2 N–H and O–H groups in total. The van der Waals surface area contributed by atoms with Crippen molar-refractivity contribution in [3.8, 4) is 0 Å². The van der Waals surface area contributed by atoms with Gasteiger partial charge in [0.2, 0.25) is 0 Å². The molecule has 1 aliphatic rings. The first kappa shape index (κ1) is 16.6. The maximum absolute atomic E-state index is 6.24. The van der Waals surface area contributed by atoms with Crippen LogP contribution in [0.3, 0.4) is 0 Å². The van der Waals surface area contributed by atoms with Gasteiger partial charge in [0.05, 0.1) is 11.6 Å². The second kappa shape index (κ2) is 7.57. The lowest BCUT2D eigenvalue weighted by atomic mass is 10.3. The number of nitrogens with zero attached hydrogens (tertiary/aromatic N) is 4. The molecule has 0 radical (unpaired) electrons. The minimum Gasteiger partial charge on any atom is -0.353 e. The van der Waals surface area contributed by atoms with Crippen molar-refractivity contribution in [3.63, 3.8) is 0 Å². The van der Waals surface area contributed by atoms with Crippen molar-refractivity contribution in [3.05, 3.63) is 47.4 Å². The van der Waals surface area contributed by atoms with Crippen LogP contribution in [0, 0.1) is 0 Å². The van der Waals surface area contributed by atoms with Gasteiger partial charge in [-0.25, -0.2) is 4.98 Å². The molecule has 0 spiro atoms. The number of pyridine rings is 1. The fourth-order valence-corrected chi connectivity index (χ4v) is 3.16. The first-order chi connectivity index (χ1) is 11.7. The normalized spacial score (nSPS) is 18.0. The van der Waals surface area contributed by atoms with Crippen LogP contribution in [-0.2, 0) is 13.6 Å². The summed E-state index contributed by atoms with van der Waals surface area (Å²) in [6.07, 6.45) is 4.85. The second-order valence-corrected chi connectivity index (χ2v) is 6.33. The molecule has 3 heterocycles. The van der Waals surface area contributed by atoms with E-state index >= 15 is 0 Å². The lowest BCUT2D eigenvalue weighted by Gasteiger charge is -2.20. The Kier molecular flexibility index (Phi) is 5.25. The largest absolute Gasteiger partial charge is 0.353 e. The Morgan fingerprint density at radius 2 is 2.29 bits per heavy atom. The maximum Gasteiger partial charge on any atom is 0.191 e. The van der Waals surface area contributed by atoms with Crippen LogP contribution in [0.25, 0.3) is 0 Å². The fourth-order valence-electron chi connectivity index (χ4n) is 2.92. The van der Waals surface area contributed by atoms with Gasteiger partial charge in [0.15, 0.2) is 5.96 Å². The highest BCUT2D eigenvalue weighted by Crippen LogP contribution is 2.25. The molecule has 2 aromatic rings. The Bertz CT molecular complexity index is 711. The van der Waals surface area contributed by atoms with E-state index < -0.39 is 0 Å². The molecule has 1 fully saturated rings. The zero-order valence-electron chi connectivity index (χ0n) is 14.0. The molecule has 7 heteroatoms. The van der Waals surface area contributed by atoms with E-state index in [1.807, 2.05) is 31.4 Å². The van der Waals surface area contributed by atoms with Crippen LogP contribution < -0.4 is 15.5 Å². The number of aromatic nitrogens is 2. The monoisotopic (exact) mass is 346 g/mol. The second-order valence-electron chi connectivity index (χ2n) is 5.92. The predicted octanol–water partition coefficient (Wildman–Crippen LogP) is 2.02. The Morgan fingerprint density at radius 3 is 3.00 bits per heavy atom. The average Bonchev–Trinajstić information content (AvgIpc) is 3.21. The Hall–Kier alpha value is -2.21. The van der Waals surface area contributed by atoms with E-state index in [1.165, 1.54) is 5.69 Å². The third kappa shape index (κ3) is 3.82. The van der Waals surface area contributed by atoms with Gasteiger partial charge in [-0.05, 0) is 30.7 Å². The van der Waals surface area contributed by atoms with Crippen LogP contribution in [-0.4, -0.2) is 41.7 Å². The molecule has 0 aromatic carbocycles. The Morgan fingerprint density at radius 1 is 1.42 bits per heavy atom. The highest BCUT2D eigenvalue weighted by atomic mass is 35.5. The SMILES string of the molecule is CN=C(NCc1cccn1C)NC1CCN(c2ncccc2Cl)C1. The summed E-state index contributed by atoms with van der Waals surface area (Å²) >= 11 is 6.24. The van der Waals surface area contributed by atoms with Gasteiger partial charge in [0, 0.05) is 51.3 Å². The fraction of sp³-hybridized carbons (Fsp3) is 0.412. The predicted molar refractivity (Wildman–Crippen MR) is 98.6 cm³/mol. The van der Waals surface area contributed by atoms with Gasteiger partial charge >= 0.3 is 0 Å². The highest BCUT2D eigenvalue weighted by molar-refractivity contribution is 6.32. The molecule has 6 nitrogen and oxygen atoms in total. The minimum absolute atomic E-state index is 0.322. The third-order valence-corrected chi connectivity index (χ3v) is 4.57. The summed E-state index contributed by atoms with van der Waals surface area (Å²) in [5.41, 5.74) is 1.21. The van der Waals surface area contributed by atoms with Crippen molar-refractivity contribution in [2.24, 2.45) is 12.0 Å². The molecule has 1 unspecified atom stereocenters. The van der Waals surface area contributed by atoms with E-state index in [4.69, 9.17) is 11.6 Å². The smallest absolute Gasteiger partial charge is 0.191 e. The summed E-state index contributed by atoms with van der Waals surface area (Å²) in [5.74, 6) is 1.67. The average molecular weight is 347 g/mol. The molecule has 24 heavy (non-hydrogen) atoms. The summed E-state index contributed by atoms with van der Waals surface area (Å²) < 4.78 is 2.10. The van der Waals surface area contributed by atoms with Gasteiger partial charge in [0.1, 0.15) is 5.82 Å². The van der Waals surface area contributed by atoms with Crippen LogP contribution >= 0.6 is 11.6 Å². The summed E-state index contributed by atoms with van der Waals surface area (Å²) in [4.78, 5) is 10.9. The van der Waals surface area contributed by atoms with Gasteiger partial charge in [-0.15, -0.1) is 0 Å². The number of anilines is 1. The first-order valence-electron chi connectivity index (χ1n) is 8.10. The van der Waals surface area contributed by atoms with Gasteiger partial charge in [-0.3, -0.25) is 4.99 Å². The zero-order valence-corrected chi connectivity index (χ0v) is 14.8. The summed E-state index contributed by atoms with van der Waals surface area (Å²) in [5, 5.41) is 7.55. The third-order valence-electron chi connectivity index (χ3n) is 4.28. The van der Waals surface area contributed by atoms with Crippen LogP contribution in [0.4, 0.5) is 5.82 Å². The number of guanidine groups is 1. The minimum atomic E-state index is 0.322. The summed E-state index contributed by atoms with van der Waals surface area (Å²) in [6, 6.07) is 8.19. The van der Waals surface area contributed by atoms with Crippen LogP contribution in [0.1, 0.15) is 12.1 Å². The number of nitrogens with one attached hydrogen (secondary N) is 2. The zero-order chi connectivity index (χ0) is 16.9. The molecule has 1 saturated heterocycles. The van der Waals surface area contributed by atoms with Crippen molar-refractivity contribution in [2.75, 3.05) is 25.0 Å². The van der Waals surface area contributed by atoms with Crippen molar-refractivity contribution in [1.82, 2.24) is 20.2 Å². The topological polar surface area (TPSA) is 57.5 Å². The molecule has 1 aliphatic heterocycles. The molecule has 1 atom stereocenters. The Labute approximate surface area is 147 Å². The van der Waals surface area contributed by atoms with Gasteiger partial charge < -0.3 is 20.1 Å². The van der Waals surface area contributed by atoms with Gasteiger partial charge in [-0.2, -0.15) is 0 Å². The molecule has 0 aliphatic carbocycles. The highest BCUT2D eigenvalue weighted by Gasteiger charge is 2.25. The number of rotatable bonds is 4. The van der Waals surface area contributed by atoms with E-state index in [9.17, 15) is 0 Å². The van der Waals surface area contributed by atoms with E-state index in [1.54, 1.807) is 13.2 Å². The summed E-state index contributed by atoms with van der Waals surface area (Å²) in [6.45, 7) is 2.54. The molecular formula is C17H23ClN6. The molecule has 0 saturated carbocycles.